The summed E-state index contributed by atoms with van der Waals surface area (Å²) in [5.41, 5.74) is 8.47. The molecule has 2 rings (SSSR count). The fourth-order valence-electron chi connectivity index (χ4n) is 1.98. The standard InChI is InChI=1S/C15H18ClNS/c1-3-4-13(17)15-8-7-14(18-15)11-9-10(2)5-6-12(11)16/h5-9,13H,3-4,17H2,1-2H3. The minimum Gasteiger partial charge on any atom is -0.323 e. The van der Waals surface area contributed by atoms with Crippen LogP contribution in [0.15, 0.2) is 30.3 Å². The largest absolute Gasteiger partial charge is 0.323 e. The van der Waals surface area contributed by atoms with Crippen LogP contribution in [0, 0.1) is 6.92 Å². The first-order valence-electron chi connectivity index (χ1n) is 6.23. The summed E-state index contributed by atoms with van der Waals surface area (Å²) in [4.78, 5) is 2.44. The average molecular weight is 280 g/mol. The number of nitrogens with two attached hydrogens (primary N) is 1. The van der Waals surface area contributed by atoms with Gasteiger partial charge in [0.2, 0.25) is 0 Å². The first-order valence-corrected chi connectivity index (χ1v) is 7.43. The fourth-order valence-corrected chi connectivity index (χ4v) is 3.33. The van der Waals surface area contributed by atoms with E-state index in [0.717, 1.165) is 23.4 Å². The van der Waals surface area contributed by atoms with Crippen molar-refractivity contribution in [2.75, 3.05) is 0 Å². The molecule has 0 amide bonds. The van der Waals surface area contributed by atoms with Crippen molar-refractivity contribution < 1.29 is 0 Å². The van der Waals surface area contributed by atoms with E-state index in [9.17, 15) is 0 Å². The van der Waals surface area contributed by atoms with Crippen molar-refractivity contribution in [3.8, 4) is 10.4 Å². The van der Waals surface area contributed by atoms with Crippen molar-refractivity contribution in [2.24, 2.45) is 5.73 Å². The van der Waals surface area contributed by atoms with Gasteiger partial charge in [0.1, 0.15) is 0 Å². The van der Waals surface area contributed by atoms with Gasteiger partial charge in [-0.15, -0.1) is 11.3 Å². The minimum absolute atomic E-state index is 0.150. The molecular weight excluding hydrogens is 262 g/mol. The van der Waals surface area contributed by atoms with Crippen molar-refractivity contribution in [2.45, 2.75) is 32.7 Å². The van der Waals surface area contributed by atoms with Gasteiger partial charge < -0.3 is 5.73 Å². The lowest BCUT2D eigenvalue weighted by Crippen LogP contribution is -2.07. The maximum atomic E-state index is 6.26. The van der Waals surface area contributed by atoms with E-state index in [0.29, 0.717) is 0 Å². The molecule has 0 aliphatic rings. The summed E-state index contributed by atoms with van der Waals surface area (Å²) in [6.07, 6.45) is 2.14. The van der Waals surface area contributed by atoms with E-state index in [4.69, 9.17) is 17.3 Å². The molecule has 0 radical (unpaired) electrons. The molecule has 0 aliphatic carbocycles. The quantitative estimate of drug-likeness (QED) is 0.820. The van der Waals surface area contributed by atoms with Crippen LogP contribution in [0.25, 0.3) is 10.4 Å². The number of aryl methyl sites for hydroxylation is 1. The maximum absolute atomic E-state index is 6.26. The number of hydrogen-bond donors (Lipinski definition) is 1. The van der Waals surface area contributed by atoms with Crippen LogP contribution in [0.3, 0.4) is 0 Å². The average Bonchev–Trinajstić information content (AvgIpc) is 2.82. The monoisotopic (exact) mass is 279 g/mol. The lowest BCUT2D eigenvalue weighted by atomic mass is 10.1. The Morgan fingerprint density at radius 1 is 1.28 bits per heavy atom. The van der Waals surface area contributed by atoms with Gasteiger partial charge in [0.15, 0.2) is 0 Å². The molecule has 1 nitrogen and oxygen atoms in total. The first kappa shape index (κ1) is 13.6. The van der Waals surface area contributed by atoms with Crippen LogP contribution in [0.4, 0.5) is 0 Å². The van der Waals surface area contributed by atoms with Crippen LogP contribution >= 0.6 is 22.9 Å². The van der Waals surface area contributed by atoms with E-state index in [1.807, 2.05) is 12.1 Å². The summed E-state index contributed by atoms with van der Waals surface area (Å²) in [6, 6.07) is 10.5. The van der Waals surface area contributed by atoms with E-state index in [-0.39, 0.29) is 6.04 Å². The summed E-state index contributed by atoms with van der Waals surface area (Å²) in [6.45, 7) is 4.24. The van der Waals surface area contributed by atoms with Gasteiger partial charge in [0.25, 0.3) is 0 Å². The van der Waals surface area contributed by atoms with E-state index in [1.165, 1.54) is 15.3 Å². The van der Waals surface area contributed by atoms with Gasteiger partial charge >= 0.3 is 0 Å². The molecule has 18 heavy (non-hydrogen) atoms. The predicted octanol–water partition coefficient (Wildman–Crippen LogP) is 5.18. The molecule has 0 saturated carbocycles. The highest BCUT2D eigenvalue weighted by molar-refractivity contribution is 7.15. The van der Waals surface area contributed by atoms with Crippen LogP contribution in [0.2, 0.25) is 5.02 Å². The van der Waals surface area contributed by atoms with Crippen molar-refractivity contribution in [3.63, 3.8) is 0 Å². The molecule has 3 heteroatoms. The normalized spacial score (nSPS) is 12.7. The van der Waals surface area contributed by atoms with Crippen LogP contribution in [-0.4, -0.2) is 0 Å². The molecule has 0 aliphatic heterocycles. The summed E-state index contributed by atoms with van der Waals surface area (Å²) < 4.78 is 0. The van der Waals surface area contributed by atoms with Gasteiger partial charge in [0, 0.05) is 26.4 Å². The van der Waals surface area contributed by atoms with Gasteiger partial charge in [-0.25, -0.2) is 0 Å². The highest BCUT2D eigenvalue weighted by Gasteiger charge is 2.11. The van der Waals surface area contributed by atoms with Crippen molar-refractivity contribution in [1.29, 1.82) is 0 Å². The zero-order chi connectivity index (χ0) is 13.1. The number of halogens is 1. The van der Waals surface area contributed by atoms with Crippen LogP contribution in [-0.2, 0) is 0 Å². The molecule has 1 unspecified atom stereocenters. The van der Waals surface area contributed by atoms with Crippen molar-refractivity contribution >= 4 is 22.9 Å². The second-order valence-electron chi connectivity index (χ2n) is 4.58. The zero-order valence-corrected chi connectivity index (χ0v) is 12.3. The molecule has 2 aromatic rings. The third kappa shape index (κ3) is 2.94. The van der Waals surface area contributed by atoms with Crippen LogP contribution in [0.1, 0.15) is 36.2 Å². The third-order valence-electron chi connectivity index (χ3n) is 2.98. The van der Waals surface area contributed by atoms with E-state index < -0.39 is 0 Å². The fraction of sp³-hybridized carbons (Fsp3) is 0.333. The lowest BCUT2D eigenvalue weighted by Gasteiger charge is -2.07. The molecule has 1 aromatic carbocycles. The number of benzene rings is 1. The minimum atomic E-state index is 0.150. The van der Waals surface area contributed by atoms with Gasteiger partial charge in [-0.3, -0.25) is 0 Å². The van der Waals surface area contributed by atoms with Gasteiger partial charge in [-0.2, -0.15) is 0 Å². The predicted molar refractivity (Wildman–Crippen MR) is 81.3 cm³/mol. The van der Waals surface area contributed by atoms with Crippen LogP contribution in [0.5, 0.6) is 0 Å². The summed E-state index contributed by atoms with van der Waals surface area (Å²) in [7, 11) is 0. The Morgan fingerprint density at radius 2 is 2.06 bits per heavy atom. The van der Waals surface area contributed by atoms with Gasteiger partial charge in [-0.05, 0) is 37.6 Å². The maximum Gasteiger partial charge on any atom is 0.0492 e. The molecular formula is C15H18ClNS. The molecule has 0 bridgehead atoms. The highest BCUT2D eigenvalue weighted by Crippen LogP contribution is 2.36. The first-order chi connectivity index (χ1) is 8.61. The SMILES string of the molecule is CCCC(N)c1ccc(-c2cc(C)ccc2Cl)s1. The molecule has 1 atom stereocenters. The molecule has 0 saturated heterocycles. The summed E-state index contributed by atoms with van der Waals surface area (Å²) in [5.74, 6) is 0. The Labute approximate surface area is 118 Å². The van der Waals surface area contributed by atoms with Gasteiger partial charge in [0.05, 0.1) is 0 Å². The molecule has 1 heterocycles. The smallest absolute Gasteiger partial charge is 0.0492 e. The Balaban J connectivity index is 2.32. The number of thiophene rings is 1. The molecule has 1 aromatic heterocycles. The Bertz CT molecular complexity index is 533. The lowest BCUT2D eigenvalue weighted by molar-refractivity contribution is 0.648. The molecule has 96 valence electrons. The third-order valence-corrected chi connectivity index (χ3v) is 4.56. The molecule has 0 fully saturated rings. The van der Waals surface area contributed by atoms with Crippen molar-refractivity contribution in [3.05, 3.63) is 45.8 Å². The Kier molecular flexibility index (Phi) is 4.44. The summed E-state index contributed by atoms with van der Waals surface area (Å²) >= 11 is 8.00. The number of hydrogen-bond acceptors (Lipinski definition) is 2. The van der Waals surface area contributed by atoms with Gasteiger partial charge in [-0.1, -0.05) is 36.6 Å². The van der Waals surface area contributed by atoms with E-state index >= 15 is 0 Å². The Hall–Kier alpha value is -0.830. The zero-order valence-electron chi connectivity index (χ0n) is 10.7. The summed E-state index contributed by atoms with van der Waals surface area (Å²) in [5, 5.41) is 0.804. The second-order valence-corrected chi connectivity index (χ2v) is 6.10. The van der Waals surface area contributed by atoms with E-state index in [2.05, 4.69) is 32.0 Å². The van der Waals surface area contributed by atoms with Crippen LogP contribution < -0.4 is 5.73 Å². The van der Waals surface area contributed by atoms with Crippen molar-refractivity contribution in [1.82, 2.24) is 0 Å². The molecule has 2 N–H and O–H groups in total. The Morgan fingerprint density at radius 3 is 2.78 bits per heavy atom. The highest BCUT2D eigenvalue weighted by atomic mass is 35.5. The topological polar surface area (TPSA) is 26.0 Å². The molecule has 0 spiro atoms. The number of rotatable bonds is 4. The second kappa shape index (κ2) is 5.87. The van der Waals surface area contributed by atoms with E-state index in [1.54, 1.807) is 11.3 Å².